The van der Waals surface area contributed by atoms with E-state index in [0.717, 1.165) is 39.0 Å². The molecule has 1 aliphatic heterocycles. The van der Waals surface area contributed by atoms with Crippen LogP contribution in [-0.4, -0.2) is 57.2 Å². The molecule has 1 fully saturated rings. The van der Waals surface area contributed by atoms with Crippen molar-refractivity contribution in [3.8, 4) is 0 Å². The van der Waals surface area contributed by atoms with E-state index in [2.05, 4.69) is 45.7 Å². The van der Waals surface area contributed by atoms with E-state index in [9.17, 15) is 4.79 Å². The van der Waals surface area contributed by atoms with Gasteiger partial charge in [0.05, 0.1) is 0 Å². The molecule has 0 aromatic carbocycles. The first kappa shape index (κ1) is 15.6. The van der Waals surface area contributed by atoms with E-state index in [1.165, 1.54) is 16.6 Å². The minimum Gasteiger partial charge on any atom is -0.354 e. The van der Waals surface area contributed by atoms with Gasteiger partial charge in [0.2, 0.25) is 5.91 Å². The number of rotatable bonds is 6. The van der Waals surface area contributed by atoms with Crippen molar-refractivity contribution in [3.63, 3.8) is 0 Å². The second-order valence-corrected chi connectivity index (χ2v) is 5.67. The molecule has 21 heavy (non-hydrogen) atoms. The van der Waals surface area contributed by atoms with Crippen molar-refractivity contribution < 1.29 is 4.79 Å². The maximum Gasteiger partial charge on any atom is 0.241 e. The number of hydrogen-bond acceptors (Lipinski definition) is 5. The van der Waals surface area contributed by atoms with E-state index in [1.54, 1.807) is 0 Å². The SMILES string of the molecule is C/C=C(\C)CN1CCC(CNC(=O)Cn2cnnn2)CC1. The summed E-state index contributed by atoms with van der Waals surface area (Å²) in [6.45, 7) is 8.48. The topological polar surface area (TPSA) is 75.9 Å². The Hall–Kier alpha value is -1.76. The number of tetrazole rings is 1. The predicted molar refractivity (Wildman–Crippen MR) is 79.4 cm³/mol. The van der Waals surface area contributed by atoms with Crippen LogP contribution in [0.1, 0.15) is 26.7 Å². The van der Waals surface area contributed by atoms with Crippen LogP contribution in [0.15, 0.2) is 18.0 Å². The molecule has 1 N–H and O–H groups in total. The number of likely N-dealkylation sites (tertiary alicyclic amines) is 1. The summed E-state index contributed by atoms with van der Waals surface area (Å²) in [5.41, 5.74) is 1.42. The molecule has 2 heterocycles. The highest BCUT2D eigenvalue weighted by Crippen LogP contribution is 2.17. The summed E-state index contributed by atoms with van der Waals surface area (Å²) >= 11 is 0. The van der Waals surface area contributed by atoms with Crippen molar-refractivity contribution in [2.75, 3.05) is 26.2 Å². The van der Waals surface area contributed by atoms with Gasteiger partial charge >= 0.3 is 0 Å². The van der Waals surface area contributed by atoms with E-state index in [1.807, 2.05) is 0 Å². The first-order valence-electron chi connectivity index (χ1n) is 7.49. The van der Waals surface area contributed by atoms with Crippen molar-refractivity contribution >= 4 is 5.91 Å². The molecule has 1 aliphatic rings. The molecule has 0 bridgehead atoms. The summed E-state index contributed by atoms with van der Waals surface area (Å²) in [7, 11) is 0. The normalized spacial score (nSPS) is 17.9. The Bertz CT molecular complexity index is 462. The molecule has 7 nitrogen and oxygen atoms in total. The van der Waals surface area contributed by atoms with E-state index in [0.29, 0.717) is 5.92 Å². The minimum absolute atomic E-state index is 0.0329. The Kier molecular flexibility index (Phi) is 5.86. The number of allylic oxidation sites excluding steroid dienone is 1. The first-order chi connectivity index (χ1) is 10.2. The van der Waals surface area contributed by atoms with E-state index in [-0.39, 0.29) is 12.5 Å². The molecule has 1 amide bonds. The molecule has 0 aliphatic carbocycles. The lowest BCUT2D eigenvalue weighted by atomic mass is 9.96. The number of carbonyl (C=O) groups is 1. The molecule has 7 heteroatoms. The highest BCUT2D eigenvalue weighted by molar-refractivity contribution is 5.75. The van der Waals surface area contributed by atoms with Gasteiger partial charge < -0.3 is 5.32 Å². The zero-order valence-electron chi connectivity index (χ0n) is 12.8. The number of nitrogens with zero attached hydrogens (tertiary/aromatic N) is 5. The molecule has 0 saturated carbocycles. The maximum atomic E-state index is 11.8. The maximum absolute atomic E-state index is 11.8. The van der Waals surface area contributed by atoms with Gasteiger partial charge in [0.15, 0.2) is 0 Å². The van der Waals surface area contributed by atoms with Crippen LogP contribution in [0.25, 0.3) is 0 Å². The summed E-state index contributed by atoms with van der Waals surface area (Å²) in [5.74, 6) is 0.541. The monoisotopic (exact) mass is 292 g/mol. The van der Waals surface area contributed by atoms with E-state index < -0.39 is 0 Å². The second-order valence-electron chi connectivity index (χ2n) is 5.67. The average molecular weight is 292 g/mol. The van der Waals surface area contributed by atoms with Crippen molar-refractivity contribution in [3.05, 3.63) is 18.0 Å². The van der Waals surface area contributed by atoms with Crippen molar-refractivity contribution in [2.45, 2.75) is 33.2 Å². The number of hydrogen-bond donors (Lipinski definition) is 1. The number of nitrogens with one attached hydrogen (secondary N) is 1. The minimum atomic E-state index is -0.0329. The van der Waals surface area contributed by atoms with Gasteiger partial charge in [-0.3, -0.25) is 9.69 Å². The lowest BCUT2D eigenvalue weighted by Crippen LogP contribution is -2.39. The van der Waals surface area contributed by atoms with Gasteiger partial charge in [-0.05, 0) is 56.1 Å². The highest BCUT2D eigenvalue weighted by Gasteiger charge is 2.19. The van der Waals surface area contributed by atoms with Gasteiger partial charge in [-0.1, -0.05) is 11.6 Å². The molecule has 1 aromatic heterocycles. The quantitative estimate of drug-likeness (QED) is 0.771. The van der Waals surface area contributed by atoms with Gasteiger partial charge in [0.25, 0.3) is 0 Å². The van der Waals surface area contributed by atoms with Gasteiger partial charge in [0.1, 0.15) is 12.9 Å². The zero-order chi connectivity index (χ0) is 15.1. The lowest BCUT2D eigenvalue weighted by molar-refractivity contribution is -0.122. The molecule has 0 atom stereocenters. The number of carbonyl (C=O) groups excluding carboxylic acids is 1. The summed E-state index contributed by atoms with van der Waals surface area (Å²) < 4.78 is 1.43. The second kappa shape index (κ2) is 7.87. The standard InChI is InChI=1S/C14H24N6O/c1-3-12(2)9-19-6-4-13(5-7-19)8-15-14(21)10-20-11-16-17-18-20/h3,11,13H,4-10H2,1-2H3,(H,15,21)/b12-3+. The largest absolute Gasteiger partial charge is 0.354 e. The van der Waals surface area contributed by atoms with Crippen LogP contribution in [0, 0.1) is 5.92 Å². The Balaban J connectivity index is 1.63. The van der Waals surface area contributed by atoms with Crippen LogP contribution in [0.3, 0.4) is 0 Å². The molecule has 1 saturated heterocycles. The van der Waals surface area contributed by atoms with Crippen LogP contribution in [0.4, 0.5) is 0 Å². The number of piperidine rings is 1. The molecule has 0 radical (unpaired) electrons. The van der Waals surface area contributed by atoms with Gasteiger partial charge in [-0.15, -0.1) is 5.10 Å². The fraction of sp³-hybridized carbons (Fsp3) is 0.714. The molecular formula is C14H24N6O. The summed E-state index contributed by atoms with van der Waals surface area (Å²) in [6.07, 6.45) is 5.90. The van der Waals surface area contributed by atoms with Gasteiger partial charge in [-0.25, -0.2) is 4.68 Å². The lowest BCUT2D eigenvalue weighted by Gasteiger charge is -2.32. The van der Waals surface area contributed by atoms with Crippen molar-refractivity contribution in [2.24, 2.45) is 5.92 Å². The zero-order valence-corrected chi connectivity index (χ0v) is 12.8. The number of amides is 1. The summed E-state index contributed by atoms with van der Waals surface area (Å²) in [5, 5.41) is 13.7. The third-order valence-corrected chi connectivity index (χ3v) is 3.96. The summed E-state index contributed by atoms with van der Waals surface area (Å²) in [6, 6.07) is 0. The predicted octanol–water partition coefficient (Wildman–Crippen LogP) is 0.468. The van der Waals surface area contributed by atoms with Crippen LogP contribution in [0.5, 0.6) is 0 Å². The highest BCUT2D eigenvalue weighted by atomic mass is 16.2. The summed E-state index contributed by atoms with van der Waals surface area (Å²) in [4.78, 5) is 14.2. The Labute approximate surface area is 125 Å². The number of aromatic nitrogens is 4. The molecule has 2 rings (SSSR count). The third kappa shape index (κ3) is 5.26. The smallest absolute Gasteiger partial charge is 0.241 e. The molecule has 0 spiro atoms. The fourth-order valence-corrected chi connectivity index (χ4v) is 2.51. The van der Waals surface area contributed by atoms with Crippen LogP contribution in [-0.2, 0) is 11.3 Å². The van der Waals surface area contributed by atoms with Gasteiger partial charge in [-0.2, -0.15) is 0 Å². The first-order valence-corrected chi connectivity index (χ1v) is 7.49. The Morgan fingerprint density at radius 2 is 2.14 bits per heavy atom. The Morgan fingerprint density at radius 3 is 2.76 bits per heavy atom. The fourth-order valence-electron chi connectivity index (χ4n) is 2.51. The van der Waals surface area contributed by atoms with Crippen molar-refractivity contribution in [1.29, 1.82) is 0 Å². The molecule has 0 unspecified atom stereocenters. The van der Waals surface area contributed by atoms with Crippen LogP contribution in [0.2, 0.25) is 0 Å². The Morgan fingerprint density at radius 1 is 1.38 bits per heavy atom. The van der Waals surface area contributed by atoms with Gasteiger partial charge in [0, 0.05) is 13.1 Å². The average Bonchev–Trinajstić information content (AvgIpc) is 2.99. The molecule has 1 aromatic rings. The van der Waals surface area contributed by atoms with E-state index in [4.69, 9.17) is 0 Å². The molecular weight excluding hydrogens is 268 g/mol. The molecule has 116 valence electrons. The van der Waals surface area contributed by atoms with Crippen LogP contribution >= 0.6 is 0 Å². The third-order valence-electron chi connectivity index (χ3n) is 3.96. The van der Waals surface area contributed by atoms with Crippen LogP contribution < -0.4 is 5.32 Å². The van der Waals surface area contributed by atoms with E-state index >= 15 is 0 Å². The van der Waals surface area contributed by atoms with Crippen molar-refractivity contribution in [1.82, 2.24) is 30.4 Å².